The van der Waals surface area contributed by atoms with Gasteiger partial charge in [0.1, 0.15) is 22.8 Å². The number of amides is 2. The van der Waals surface area contributed by atoms with E-state index in [-0.39, 0.29) is 42.8 Å². The summed E-state index contributed by atoms with van der Waals surface area (Å²) in [6.07, 6.45) is 0.977. The fourth-order valence-electron chi connectivity index (χ4n) is 6.15. The fourth-order valence-corrected chi connectivity index (χ4v) is 6.15. The predicted molar refractivity (Wildman–Crippen MR) is 137 cm³/mol. The Morgan fingerprint density at radius 1 is 1.23 bits per heavy atom. The van der Waals surface area contributed by atoms with Gasteiger partial charge in [0.2, 0.25) is 5.78 Å². The number of fused-ring (bicyclic) bond motifs is 3. The number of hydrogen-bond donors (Lipinski definition) is 5. The largest absolute Gasteiger partial charge is 0.508 e. The lowest BCUT2D eigenvalue weighted by Crippen LogP contribution is -2.65. The normalized spacial score (nSPS) is 26.1. The lowest BCUT2D eigenvalue weighted by atomic mass is 9.57. The monoisotopic (exact) mass is 541 g/mol. The minimum Gasteiger partial charge on any atom is -0.508 e. The first-order chi connectivity index (χ1) is 18.3. The molecule has 0 bridgehead atoms. The summed E-state index contributed by atoms with van der Waals surface area (Å²) in [5.41, 5.74) is 2.50. The van der Waals surface area contributed by atoms with E-state index in [4.69, 9.17) is 10.5 Å². The number of Topliss-reactive ketones (excluding diaryl/α,β-unsaturated/α-hetero) is 2. The highest BCUT2D eigenvalue weighted by atomic mass is 16.5. The van der Waals surface area contributed by atoms with Crippen LogP contribution in [0.1, 0.15) is 23.1 Å². The Morgan fingerprint density at radius 2 is 1.90 bits per heavy atom. The van der Waals surface area contributed by atoms with E-state index in [1.165, 1.54) is 43.1 Å². The van der Waals surface area contributed by atoms with Gasteiger partial charge in [-0.1, -0.05) is 12.1 Å². The highest BCUT2D eigenvalue weighted by molar-refractivity contribution is 6.24. The highest BCUT2D eigenvalue weighted by Crippen LogP contribution is 2.53. The molecule has 1 saturated carbocycles. The number of aliphatic hydroxyl groups is 3. The second kappa shape index (κ2) is 9.86. The topological polar surface area (TPSA) is 191 Å². The first kappa shape index (κ1) is 27.9. The van der Waals surface area contributed by atoms with E-state index < -0.39 is 64.1 Å². The Kier molecular flexibility index (Phi) is 7.04. The van der Waals surface area contributed by atoms with E-state index in [1.807, 2.05) is 0 Å². The van der Waals surface area contributed by atoms with E-state index in [9.17, 15) is 39.6 Å². The van der Waals surface area contributed by atoms with Crippen LogP contribution in [0.5, 0.6) is 5.75 Å². The van der Waals surface area contributed by atoms with E-state index in [0.717, 1.165) is 0 Å². The molecule has 208 valence electrons. The number of benzene rings is 1. The summed E-state index contributed by atoms with van der Waals surface area (Å²) in [5.74, 6) is -7.18. The molecule has 1 aromatic rings. The number of phenolic OH excluding ortho intramolecular Hbond substituents is 1. The zero-order valence-electron chi connectivity index (χ0n) is 21.8. The van der Waals surface area contributed by atoms with Gasteiger partial charge in [0.25, 0.3) is 5.91 Å². The van der Waals surface area contributed by atoms with Crippen LogP contribution in [0.15, 0.2) is 41.7 Å². The molecule has 39 heavy (non-hydrogen) atoms. The molecule has 0 radical (unpaired) electrons. The molecule has 1 aromatic carbocycles. The van der Waals surface area contributed by atoms with Gasteiger partial charge in [-0.15, -0.1) is 6.58 Å². The standard InChI is InChI=1S/C27H31N3O9/c1-5-8-30(26(37)39-4)11-12-6-7-16(31)18-14(12)9-13-10-15-20(29(2)3)22(33)19(25(28)36)24(35)27(15,38)23(34)17(13)21(18)32/h5-7,13,15,20,31-32,35,38H,1,8-11H2,2-4H3,(H2,28,36)/t13?,15?,20-,27-/m0/s1. The minimum atomic E-state index is -2.70. The van der Waals surface area contributed by atoms with Crippen molar-refractivity contribution in [2.75, 3.05) is 27.7 Å². The SMILES string of the molecule is C=CCN(Cc1ccc(O)c2c1CC1CC3[C@H](N(C)C)C(=O)C(C(N)=O)=C(O)[C@@]3(O)C(=O)C1=C2O)C(=O)OC. The zero-order valence-corrected chi connectivity index (χ0v) is 21.8. The van der Waals surface area contributed by atoms with Gasteiger partial charge in [-0.2, -0.15) is 0 Å². The van der Waals surface area contributed by atoms with Gasteiger partial charge in [-0.3, -0.25) is 19.3 Å². The van der Waals surface area contributed by atoms with Gasteiger partial charge in [0.15, 0.2) is 11.4 Å². The third kappa shape index (κ3) is 4.07. The van der Waals surface area contributed by atoms with Gasteiger partial charge in [-0.05, 0) is 50.0 Å². The molecule has 12 nitrogen and oxygen atoms in total. The van der Waals surface area contributed by atoms with Gasteiger partial charge in [0, 0.05) is 24.6 Å². The van der Waals surface area contributed by atoms with Crippen molar-refractivity contribution >= 4 is 29.3 Å². The summed E-state index contributed by atoms with van der Waals surface area (Å²) >= 11 is 0. The van der Waals surface area contributed by atoms with Crippen molar-refractivity contribution in [1.29, 1.82) is 0 Å². The van der Waals surface area contributed by atoms with Crippen LogP contribution < -0.4 is 5.73 Å². The molecule has 2 unspecified atom stereocenters. The molecule has 0 heterocycles. The quantitative estimate of drug-likeness (QED) is 0.253. The molecule has 3 aliphatic rings. The Bertz CT molecular complexity index is 1360. The lowest BCUT2D eigenvalue weighted by Gasteiger charge is -2.50. The third-order valence-corrected chi connectivity index (χ3v) is 7.84. The Morgan fingerprint density at radius 3 is 2.46 bits per heavy atom. The molecule has 0 spiro atoms. The van der Waals surface area contributed by atoms with Crippen LogP contribution in [0.3, 0.4) is 0 Å². The number of rotatable bonds is 6. The van der Waals surface area contributed by atoms with Crippen LogP contribution >= 0.6 is 0 Å². The van der Waals surface area contributed by atoms with E-state index in [1.54, 1.807) is 6.07 Å². The summed E-state index contributed by atoms with van der Waals surface area (Å²) in [5, 5.41) is 44.5. The molecule has 0 saturated heterocycles. The minimum absolute atomic E-state index is 0.0335. The maximum Gasteiger partial charge on any atom is 0.410 e. The summed E-state index contributed by atoms with van der Waals surface area (Å²) in [6, 6.07) is 1.73. The number of carbonyl (C=O) groups excluding carboxylic acids is 4. The van der Waals surface area contributed by atoms with Crippen LogP contribution in [0.2, 0.25) is 0 Å². The van der Waals surface area contributed by atoms with Crippen molar-refractivity contribution in [2.45, 2.75) is 31.0 Å². The number of likely N-dealkylation sites (N-methyl/N-ethyl adjacent to an activating group) is 1. The van der Waals surface area contributed by atoms with Crippen LogP contribution in [-0.2, 0) is 32.1 Å². The summed E-state index contributed by atoms with van der Waals surface area (Å²) in [6.45, 7) is 3.85. The molecule has 6 N–H and O–H groups in total. The summed E-state index contributed by atoms with van der Waals surface area (Å²) in [7, 11) is 4.30. The van der Waals surface area contributed by atoms with Crippen molar-refractivity contribution < 1.29 is 44.3 Å². The Balaban J connectivity index is 1.90. The predicted octanol–water partition coefficient (Wildman–Crippen LogP) is 0.718. The number of aliphatic hydroxyl groups excluding tert-OH is 2. The highest BCUT2D eigenvalue weighted by Gasteiger charge is 2.64. The molecule has 0 aliphatic heterocycles. The third-order valence-electron chi connectivity index (χ3n) is 7.84. The summed E-state index contributed by atoms with van der Waals surface area (Å²) in [4.78, 5) is 54.2. The van der Waals surface area contributed by atoms with E-state index in [0.29, 0.717) is 11.1 Å². The van der Waals surface area contributed by atoms with Gasteiger partial charge in [0.05, 0.1) is 18.7 Å². The average molecular weight is 542 g/mol. The molecule has 1 fully saturated rings. The van der Waals surface area contributed by atoms with E-state index >= 15 is 0 Å². The fraction of sp³-hybridized carbons (Fsp3) is 0.407. The Labute approximate surface area is 224 Å². The molecule has 4 rings (SSSR count). The van der Waals surface area contributed by atoms with Crippen molar-refractivity contribution in [3.8, 4) is 5.75 Å². The number of nitrogens with zero attached hydrogens (tertiary/aromatic N) is 2. The number of methoxy groups -OCH3 is 1. The zero-order chi connectivity index (χ0) is 29.0. The number of ether oxygens (including phenoxy) is 1. The van der Waals surface area contributed by atoms with Crippen molar-refractivity contribution in [2.24, 2.45) is 17.6 Å². The number of carbonyl (C=O) groups is 4. The van der Waals surface area contributed by atoms with Gasteiger partial charge >= 0.3 is 6.09 Å². The molecule has 4 atom stereocenters. The number of hydrogen-bond acceptors (Lipinski definition) is 10. The number of primary amides is 1. The first-order valence-corrected chi connectivity index (χ1v) is 12.2. The summed E-state index contributed by atoms with van der Waals surface area (Å²) < 4.78 is 4.84. The van der Waals surface area contributed by atoms with Gasteiger partial charge < -0.3 is 35.8 Å². The lowest BCUT2D eigenvalue weighted by molar-refractivity contribution is -0.153. The van der Waals surface area contributed by atoms with E-state index in [2.05, 4.69) is 6.58 Å². The molecular formula is C27H31N3O9. The van der Waals surface area contributed by atoms with Crippen LogP contribution in [0.4, 0.5) is 4.79 Å². The molecule has 3 aliphatic carbocycles. The molecular weight excluding hydrogens is 510 g/mol. The maximum absolute atomic E-state index is 13.9. The number of phenols is 1. The molecule has 12 heteroatoms. The number of nitrogens with two attached hydrogens (primary N) is 1. The van der Waals surface area contributed by atoms with Crippen molar-refractivity contribution in [3.05, 3.63) is 58.4 Å². The Hall–Kier alpha value is -4.16. The average Bonchev–Trinajstić information content (AvgIpc) is 2.86. The van der Waals surface area contributed by atoms with Crippen LogP contribution in [0.25, 0.3) is 5.76 Å². The number of aromatic hydroxyl groups is 1. The maximum atomic E-state index is 13.9. The molecule has 2 amide bonds. The second-order valence-electron chi connectivity index (χ2n) is 10.2. The first-order valence-electron chi connectivity index (χ1n) is 12.2. The second-order valence-corrected chi connectivity index (χ2v) is 10.2. The molecule has 0 aromatic heterocycles. The smallest absolute Gasteiger partial charge is 0.410 e. The van der Waals surface area contributed by atoms with Crippen molar-refractivity contribution in [1.82, 2.24) is 9.80 Å². The number of ketones is 2. The van der Waals surface area contributed by atoms with Crippen molar-refractivity contribution in [3.63, 3.8) is 0 Å². The van der Waals surface area contributed by atoms with Crippen LogP contribution in [0, 0.1) is 11.8 Å². The van der Waals surface area contributed by atoms with Crippen LogP contribution in [-0.4, -0.2) is 93.2 Å². The van der Waals surface area contributed by atoms with Gasteiger partial charge in [-0.25, -0.2) is 4.79 Å².